The zero-order valence-corrected chi connectivity index (χ0v) is 18.0. The van der Waals surface area contributed by atoms with Crippen LogP contribution < -0.4 is 4.74 Å². The van der Waals surface area contributed by atoms with Gasteiger partial charge in [-0.25, -0.2) is 4.98 Å². The molecule has 2 aliphatic rings. The number of Topliss-reactive ketones (excluding diaryl/α,β-unsaturated/α-hetero) is 1. The number of methoxy groups -OCH3 is 1. The van der Waals surface area contributed by atoms with Crippen molar-refractivity contribution in [2.24, 2.45) is 5.16 Å². The molecule has 1 N–H and O–H groups in total. The normalized spacial score (nSPS) is 19.9. The second kappa shape index (κ2) is 9.42. The minimum absolute atomic E-state index is 0.0853. The van der Waals surface area contributed by atoms with E-state index in [1.165, 1.54) is 11.1 Å². The third-order valence-corrected chi connectivity index (χ3v) is 5.85. The van der Waals surface area contributed by atoms with Crippen LogP contribution in [0.15, 0.2) is 16.5 Å². The summed E-state index contributed by atoms with van der Waals surface area (Å²) in [6.45, 7) is 6.32. The van der Waals surface area contributed by atoms with E-state index in [1.807, 2.05) is 20.8 Å². The van der Waals surface area contributed by atoms with Gasteiger partial charge >= 0.3 is 0 Å². The maximum atomic E-state index is 13.1. The van der Waals surface area contributed by atoms with Crippen LogP contribution in [0.5, 0.6) is 5.88 Å². The second-order valence-electron chi connectivity index (χ2n) is 7.84. The van der Waals surface area contributed by atoms with E-state index in [0.717, 1.165) is 43.4 Å². The van der Waals surface area contributed by atoms with Gasteiger partial charge in [0, 0.05) is 30.0 Å². The van der Waals surface area contributed by atoms with Crippen LogP contribution in [0.25, 0.3) is 0 Å². The first-order valence-corrected chi connectivity index (χ1v) is 10.7. The van der Waals surface area contributed by atoms with E-state index < -0.39 is 0 Å². The van der Waals surface area contributed by atoms with E-state index >= 15 is 0 Å². The fourth-order valence-electron chi connectivity index (χ4n) is 4.61. The number of allylic oxidation sites excluding steroid dienone is 2. The molecule has 0 amide bonds. The highest BCUT2D eigenvalue weighted by Gasteiger charge is 2.35. The fraction of sp³-hybridized carbons (Fsp3) is 0.609. The molecule has 0 aliphatic heterocycles. The minimum atomic E-state index is -0.129. The molecule has 0 saturated heterocycles. The highest BCUT2D eigenvalue weighted by atomic mass is 16.6. The molecule has 6 heteroatoms. The number of oxime groups is 1. The van der Waals surface area contributed by atoms with Gasteiger partial charge in [-0.15, -0.1) is 0 Å². The van der Waals surface area contributed by atoms with Crippen LogP contribution >= 0.6 is 0 Å². The Bertz CT molecular complexity index is 842. The summed E-state index contributed by atoms with van der Waals surface area (Å²) in [7, 11) is 1.63. The Morgan fingerprint density at radius 1 is 1.21 bits per heavy atom. The van der Waals surface area contributed by atoms with E-state index in [-0.39, 0.29) is 17.5 Å². The van der Waals surface area contributed by atoms with Crippen LogP contribution in [0.1, 0.15) is 80.7 Å². The predicted octanol–water partition coefficient (Wildman–Crippen LogP) is 4.73. The molecule has 0 aromatic carbocycles. The zero-order valence-electron chi connectivity index (χ0n) is 18.0. The highest BCUT2D eigenvalue weighted by molar-refractivity contribution is 6.23. The summed E-state index contributed by atoms with van der Waals surface area (Å²) in [6, 6.07) is 0. The monoisotopic (exact) mass is 400 g/mol. The van der Waals surface area contributed by atoms with Gasteiger partial charge in [-0.3, -0.25) is 4.79 Å². The number of fused-ring (bicyclic) bond motifs is 1. The first-order chi connectivity index (χ1) is 14.0. The molecular weight excluding hydrogens is 368 g/mol. The van der Waals surface area contributed by atoms with Crippen molar-refractivity contribution in [2.75, 3.05) is 13.7 Å². The topological polar surface area (TPSA) is 81.0 Å². The van der Waals surface area contributed by atoms with Crippen molar-refractivity contribution in [3.05, 3.63) is 33.7 Å². The lowest BCUT2D eigenvalue weighted by Crippen LogP contribution is -2.26. The van der Waals surface area contributed by atoms with Crippen molar-refractivity contribution in [3.63, 3.8) is 0 Å². The Morgan fingerprint density at radius 2 is 1.93 bits per heavy atom. The van der Waals surface area contributed by atoms with E-state index in [0.29, 0.717) is 43.0 Å². The minimum Gasteiger partial charge on any atom is -0.511 e. The largest absolute Gasteiger partial charge is 0.511 e. The van der Waals surface area contributed by atoms with Crippen molar-refractivity contribution >= 4 is 11.5 Å². The number of carbonyl (C=O) groups excluding carboxylic acids is 1. The van der Waals surface area contributed by atoms with Gasteiger partial charge < -0.3 is 14.7 Å². The smallest absolute Gasteiger partial charge is 0.217 e. The third kappa shape index (κ3) is 4.31. The summed E-state index contributed by atoms with van der Waals surface area (Å²) in [5.74, 6) is 0.480. The predicted molar refractivity (Wildman–Crippen MR) is 113 cm³/mol. The molecule has 0 bridgehead atoms. The van der Waals surface area contributed by atoms with Crippen LogP contribution in [0, 0.1) is 6.92 Å². The van der Waals surface area contributed by atoms with Crippen molar-refractivity contribution in [1.29, 1.82) is 0 Å². The average molecular weight is 401 g/mol. The van der Waals surface area contributed by atoms with Crippen molar-refractivity contribution in [1.82, 2.24) is 4.98 Å². The molecule has 1 aromatic heterocycles. The maximum absolute atomic E-state index is 13.1. The lowest BCUT2D eigenvalue weighted by molar-refractivity contribution is -0.116. The quantitative estimate of drug-likeness (QED) is 0.529. The van der Waals surface area contributed by atoms with Gasteiger partial charge in [0.05, 0.1) is 18.4 Å². The molecule has 1 atom stereocenters. The number of hydrogen-bond donors (Lipinski definition) is 1. The molecule has 3 rings (SSSR count). The number of rotatable bonds is 7. The van der Waals surface area contributed by atoms with Crippen molar-refractivity contribution in [3.8, 4) is 5.88 Å². The van der Waals surface area contributed by atoms with Crippen LogP contribution in [-0.4, -0.2) is 35.3 Å². The third-order valence-electron chi connectivity index (χ3n) is 5.85. The van der Waals surface area contributed by atoms with Crippen LogP contribution in [-0.2, 0) is 22.5 Å². The lowest BCUT2D eigenvalue weighted by Gasteiger charge is -2.30. The number of nitrogens with zero attached hydrogens (tertiary/aromatic N) is 2. The lowest BCUT2D eigenvalue weighted by atomic mass is 9.76. The molecule has 1 aromatic rings. The Morgan fingerprint density at radius 3 is 2.55 bits per heavy atom. The van der Waals surface area contributed by atoms with Gasteiger partial charge in [-0.1, -0.05) is 18.5 Å². The molecule has 1 heterocycles. The molecule has 158 valence electrons. The molecule has 0 fully saturated rings. The summed E-state index contributed by atoms with van der Waals surface area (Å²) in [5, 5.41) is 15.0. The second-order valence-corrected chi connectivity index (χ2v) is 7.84. The van der Waals surface area contributed by atoms with Gasteiger partial charge in [0.2, 0.25) is 5.88 Å². The summed E-state index contributed by atoms with van der Waals surface area (Å²) in [6.07, 6.45) is 6.41. The van der Waals surface area contributed by atoms with Gasteiger partial charge in [-0.05, 0) is 57.1 Å². The number of aliphatic hydroxyl groups excluding tert-OH is 1. The zero-order chi connectivity index (χ0) is 21.0. The number of carbonyl (C=O) groups is 1. The Hall–Kier alpha value is -2.37. The van der Waals surface area contributed by atoms with Gasteiger partial charge in [0.25, 0.3) is 0 Å². The number of hydrogen-bond acceptors (Lipinski definition) is 6. The number of pyridine rings is 1. The van der Waals surface area contributed by atoms with E-state index in [9.17, 15) is 9.90 Å². The average Bonchev–Trinajstić information content (AvgIpc) is 2.71. The number of aromatic nitrogens is 1. The van der Waals surface area contributed by atoms with Crippen LogP contribution in [0.3, 0.4) is 0 Å². The molecule has 0 spiro atoms. The first-order valence-electron chi connectivity index (χ1n) is 10.7. The SMILES string of the molecule is CCC/C(=N\OCC)C1=C(O)CC(c2c(OC)nc(C)c3c2CCCC3)CC1=O. The fourth-order valence-corrected chi connectivity index (χ4v) is 4.61. The molecule has 0 saturated carbocycles. The van der Waals surface area contributed by atoms with Crippen LogP contribution in [0.2, 0.25) is 0 Å². The van der Waals surface area contributed by atoms with Crippen LogP contribution in [0.4, 0.5) is 0 Å². The standard InChI is InChI=1S/C23H32N2O4/c1-5-9-18(25-29-6-2)22-19(26)12-15(13-20(22)27)21-17-11-8-7-10-16(17)14(3)24-23(21)28-4/h15,26H,5-13H2,1-4H3/b25-18+. The van der Waals surface area contributed by atoms with E-state index in [1.54, 1.807) is 7.11 Å². The van der Waals surface area contributed by atoms with Crippen molar-refractivity contribution < 1.29 is 19.5 Å². The molecule has 2 aliphatic carbocycles. The number of aryl methyl sites for hydroxylation is 1. The van der Waals surface area contributed by atoms with Crippen molar-refractivity contribution in [2.45, 2.75) is 78.1 Å². The van der Waals surface area contributed by atoms with Gasteiger partial charge in [-0.2, -0.15) is 0 Å². The maximum Gasteiger partial charge on any atom is 0.217 e. The Balaban J connectivity index is 2.02. The number of ketones is 1. The molecular formula is C23H32N2O4. The Kier molecular flexibility index (Phi) is 6.93. The molecule has 6 nitrogen and oxygen atoms in total. The summed E-state index contributed by atoms with van der Waals surface area (Å²) >= 11 is 0. The van der Waals surface area contributed by atoms with E-state index in [4.69, 9.17) is 9.57 Å². The molecule has 0 radical (unpaired) electrons. The Labute approximate surface area is 173 Å². The highest BCUT2D eigenvalue weighted by Crippen LogP contribution is 2.43. The molecule has 1 unspecified atom stereocenters. The van der Waals surface area contributed by atoms with Gasteiger partial charge in [0.1, 0.15) is 12.4 Å². The number of ether oxygens (including phenoxy) is 1. The summed E-state index contributed by atoms with van der Waals surface area (Å²) in [5.41, 5.74) is 5.46. The summed E-state index contributed by atoms with van der Waals surface area (Å²) < 4.78 is 5.62. The summed E-state index contributed by atoms with van der Waals surface area (Å²) in [4.78, 5) is 23.0. The molecule has 29 heavy (non-hydrogen) atoms. The first kappa shape index (κ1) is 21.3. The number of aliphatic hydroxyl groups is 1. The van der Waals surface area contributed by atoms with E-state index in [2.05, 4.69) is 10.1 Å². The van der Waals surface area contributed by atoms with Gasteiger partial charge in [0.15, 0.2) is 5.78 Å².